The summed E-state index contributed by atoms with van der Waals surface area (Å²) in [6.45, 7) is 0.318. The Bertz CT molecular complexity index is 563. The first kappa shape index (κ1) is 11.8. The van der Waals surface area contributed by atoms with E-state index < -0.39 is 0 Å². The molecule has 0 bridgehead atoms. The van der Waals surface area contributed by atoms with Crippen molar-refractivity contribution in [2.24, 2.45) is 5.73 Å². The van der Waals surface area contributed by atoms with Gasteiger partial charge >= 0.3 is 0 Å². The van der Waals surface area contributed by atoms with E-state index in [1.54, 1.807) is 12.3 Å². The summed E-state index contributed by atoms with van der Waals surface area (Å²) in [6.07, 6.45) is 1.65. The number of amides is 1. The van der Waals surface area contributed by atoms with Gasteiger partial charge in [-0.3, -0.25) is 10.1 Å². The fourth-order valence-electron chi connectivity index (χ4n) is 1.11. The molecule has 2 heterocycles. The highest BCUT2D eigenvalue weighted by Crippen LogP contribution is 2.18. The van der Waals surface area contributed by atoms with Crippen molar-refractivity contribution in [2.45, 2.75) is 0 Å². The number of thiophene rings is 1. The topological polar surface area (TPSA) is 68.0 Å². The van der Waals surface area contributed by atoms with Gasteiger partial charge in [0.1, 0.15) is 0 Å². The lowest BCUT2D eigenvalue weighted by Gasteiger charge is -1.96. The van der Waals surface area contributed by atoms with Crippen molar-refractivity contribution in [1.29, 1.82) is 0 Å². The zero-order valence-corrected chi connectivity index (χ0v) is 10.4. The van der Waals surface area contributed by atoms with Gasteiger partial charge in [0, 0.05) is 11.6 Å². The first-order valence-corrected chi connectivity index (χ1v) is 6.49. The van der Waals surface area contributed by atoms with Gasteiger partial charge < -0.3 is 5.73 Å². The Kier molecular flexibility index (Phi) is 3.88. The molecule has 2 aromatic rings. The van der Waals surface area contributed by atoms with E-state index in [1.807, 2.05) is 11.4 Å². The molecule has 4 nitrogen and oxygen atoms in total. The van der Waals surface area contributed by atoms with Crippen LogP contribution in [0, 0.1) is 11.8 Å². The Hall–Kier alpha value is -1.68. The van der Waals surface area contributed by atoms with E-state index in [-0.39, 0.29) is 5.91 Å². The van der Waals surface area contributed by atoms with Gasteiger partial charge in [0.2, 0.25) is 0 Å². The van der Waals surface area contributed by atoms with Crippen LogP contribution >= 0.6 is 22.7 Å². The normalized spacial score (nSPS) is 9.47. The second-order valence-electron chi connectivity index (χ2n) is 2.96. The molecule has 0 aliphatic heterocycles. The number of anilines is 1. The minimum absolute atomic E-state index is 0.161. The third-order valence-corrected chi connectivity index (χ3v) is 3.48. The standard InChI is InChI=1S/C11H9N3OS2/c12-5-1-2-8-3-4-9(17-8)10(15)14-11-13-6-7-16-11/h3-4,6-7H,5,12H2,(H,13,14,15). The molecule has 2 rings (SSSR count). The van der Waals surface area contributed by atoms with Crippen LogP contribution in [0.4, 0.5) is 5.13 Å². The van der Waals surface area contributed by atoms with Crippen LogP contribution in [0.2, 0.25) is 0 Å². The second kappa shape index (κ2) is 5.59. The number of nitrogens with two attached hydrogens (primary N) is 1. The van der Waals surface area contributed by atoms with Crippen LogP contribution in [-0.4, -0.2) is 17.4 Å². The van der Waals surface area contributed by atoms with Crippen LogP contribution in [0.1, 0.15) is 14.5 Å². The van der Waals surface area contributed by atoms with E-state index in [0.29, 0.717) is 16.6 Å². The quantitative estimate of drug-likeness (QED) is 0.811. The number of hydrogen-bond acceptors (Lipinski definition) is 5. The smallest absolute Gasteiger partial charge is 0.267 e. The molecule has 3 N–H and O–H groups in total. The molecule has 17 heavy (non-hydrogen) atoms. The molecule has 1 amide bonds. The monoisotopic (exact) mass is 263 g/mol. The number of rotatable bonds is 2. The van der Waals surface area contributed by atoms with Crippen molar-refractivity contribution >= 4 is 33.7 Å². The maximum absolute atomic E-state index is 11.8. The highest BCUT2D eigenvalue weighted by molar-refractivity contribution is 7.15. The number of carbonyl (C=O) groups is 1. The summed E-state index contributed by atoms with van der Waals surface area (Å²) < 4.78 is 0. The van der Waals surface area contributed by atoms with Gasteiger partial charge in [0.15, 0.2) is 5.13 Å². The van der Waals surface area contributed by atoms with Crippen molar-refractivity contribution in [3.63, 3.8) is 0 Å². The Morgan fingerprint density at radius 2 is 2.41 bits per heavy atom. The third-order valence-electron chi connectivity index (χ3n) is 1.80. The molecule has 86 valence electrons. The van der Waals surface area contributed by atoms with E-state index in [2.05, 4.69) is 22.1 Å². The second-order valence-corrected chi connectivity index (χ2v) is 4.94. The number of nitrogens with one attached hydrogen (secondary N) is 1. The van der Waals surface area contributed by atoms with Gasteiger partial charge in [-0.15, -0.1) is 22.7 Å². The lowest BCUT2D eigenvalue weighted by atomic mass is 10.4. The average Bonchev–Trinajstić information content (AvgIpc) is 2.96. The average molecular weight is 263 g/mol. The molecule has 0 aromatic carbocycles. The van der Waals surface area contributed by atoms with Crippen LogP contribution < -0.4 is 11.1 Å². The maximum atomic E-state index is 11.8. The summed E-state index contributed by atoms with van der Waals surface area (Å²) in [7, 11) is 0. The number of aromatic nitrogens is 1. The van der Waals surface area contributed by atoms with Crippen molar-refractivity contribution in [3.05, 3.63) is 33.5 Å². The van der Waals surface area contributed by atoms with Gasteiger partial charge in [0.05, 0.1) is 16.3 Å². The highest BCUT2D eigenvalue weighted by Gasteiger charge is 2.09. The van der Waals surface area contributed by atoms with E-state index >= 15 is 0 Å². The molecule has 0 unspecified atom stereocenters. The fraction of sp³-hybridized carbons (Fsp3) is 0.0909. The molecule has 0 spiro atoms. The van der Waals surface area contributed by atoms with Crippen LogP contribution in [-0.2, 0) is 0 Å². The largest absolute Gasteiger partial charge is 0.320 e. The van der Waals surface area contributed by atoms with Gasteiger partial charge in [-0.05, 0) is 12.1 Å². The first-order valence-electron chi connectivity index (χ1n) is 4.79. The molecule has 2 aromatic heterocycles. The Morgan fingerprint density at radius 1 is 1.53 bits per heavy atom. The maximum Gasteiger partial charge on any atom is 0.267 e. The third kappa shape index (κ3) is 3.14. The molecule has 0 radical (unpaired) electrons. The summed E-state index contributed by atoms with van der Waals surface area (Å²) in [5.41, 5.74) is 5.28. The SMILES string of the molecule is NCC#Cc1ccc(C(=O)Nc2nccs2)s1. The van der Waals surface area contributed by atoms with Crippen LogP contribution in [0.15, 0.2) is 23.7 Å². The van der Waals surface area contributed by atoms with Gasteiger partial charge in [0.25, 0.3) is 5.91 Å². The van der Waals surface area contributed by atoms with Crippen molar-refractivity contribution < 1.29 is 4.79 Å². The molecular formula is C11H9N3OS2. The Balaban J connectivity index is 2.07. The number of nitrogens with zero attached hydrogens (tertiary/aromatic N) is 1. The zero-order chi connectivity index (χ0) is 12.1. The van der Waals surface area contributed by atoms with E-state index in [0.717, 1.165) is 4.88 Å². The summed E-state index contributed by atoms with van der Waals surface area (Å²) >= 11 is 2.72. The molecule has 0 fully saturated rings. The molecule has 0 aliphatic carbocycles. The predicted octanol–water partition coefficient (Wildman–Crippen LogP) is 1.77. The molecule has 6 heteroatoms. The Labute approximate surface area is 106 Å². The van der Waals surface area contributed by atoms with Gasteiger partial charge in [-0.25, -0.2) is 4.98 Å². The number of hydrogen-bond donors (Lipinski definition) is 2. The lowest BCUT2D eigenvalue weighted by Crippen LogP contribution is -2.09. The fourth-order valence-corrected chi connectivity index (χ4v) is 2.41. The van der Waals surface area contributed by atoms with Crippen molar-refractivity contribution in [3.8, 4) is 11.8 Å². The van der Waals surface area contributed by atoms with E-state index in [4.69, 9.17) is 5.73 Å². The molecule has 0 atom stereocenters. The molecular weight excluding hydrogens is 254 g/mol. The zero-order valence-electron chi connectivity index (χ0n) is 8.77. The summed E-state index contributed by atoms with van der Waals surface area (Å²) in [5.74, 6) is 5.48. The van der Waals surface area contributed by atoms with Gasteiger partial charge in [-0.2, -0.15) is 0 Å². The number of thiazole rings is 1. The molecule has 0 aliphatic rings. The van der Waals surface area contributed by atoms with Crippen LogP contribution in [0.3, 0.4) is 0 Å². The highest BCUT2D eigenvalue weighted by atomic mass is 32.1. The summed E-state index contributed by atoms with van der Waals surface area (Å²) in [4.78, 5) is 17.2. The summed E-state index contributed by atoms with van der Waals surface area (Å²) in [5, 5.41) is 5.12. The van der Waals surface area contributed by atoms with Crippen molar-refractivity contribution in [1.82, 2.24) is 4.98 Å². The van der Waals surface area contributed by atoms with Gasteiger partial charge in [-0.1, -0.05) is 11.8 Å². The predicted molar refractivity (Wildman–Crippen MR) is 70.3 cm³/mol. The van der Waals surface area contributed by atoms with E-state index in [1.165, 1.54) is 22.7 Å². The van der Waals surface area contributed by atoms with E-state index in [9.17, 15) is 4.79 Å². The summed E-state index contributed by atoms with van der Waals surface area (Å²) in [6, 6.07) is 3.55. The molecule has 0 saturated heterocycles. The van der Waals surface area contributed by atoms with Crippen molar-refractivity contribution in [2.75, 3.05) is 11.9 Å². The lowest BCUT2D eigenvalue weighted by molar-refractivity contribution is 0.103. The minimum Gasteiger partial charge on any atom is -0.320 e. The first-order chi connectivity index (χ1) is 8.29. The molecule has 0 saturated carbocycles. The van der Waals surface area contributed by atoms with Crippen LogP contribution in [0.5, 0.6) is 0 Å². The van der Waals surface area contributed by atoms with Crippen LogP contribution in [0.25, 0.3) is 0 Å². The Morgan fingerprint density at radius 3 is 3.12 bits per heavy atom. The minimum atomic E-state index is -0.161. The number of carbonyl (C=O) groups excluding carboxylic acids is 1.